The molecular weight excluding hydrogens is 277 g/mol. The average molecular weight is 292 g/mol. The first-order chi connectivity index (χ1) is 9.11. The Kier molecular flexibility index (Phi) is 4.99. The van der Waals surface area contributed by atoms with Crippen molar-refractivity contribution in [3.05, 3.63) is 29.8 Å². The lowest BCUT2D eigenvalue weighted by atomic mass is 9.86. The van der Waals surface area contributed by atoms with Crippen molar-refractivity contribution in [1.29, 1.82) is 0 Å². The van der Waals surface area contributed by atoms with Crippen molar-refractivity contribution < 1.29 is 32.9 Å². The molecule has 0 spiro atoms. The van der Waals surface area contributed by atoms with Crippen molar-refractivity contribution in [2.75, 3.05) is 0 Å². The highest BCUT2D eigenvalue weighted by Gasteiger charge is 2.32. The van der Waals surface area contributed by atoms with Gasteiger partial charge in [-0.3, -0.25) is 4.79 Å². The van der Waals surface area contributed by atoms with E-state index >= 15 is 0 Å². The van der Waals surface area contributed by atoms with Crippen molar-refractivity contribution in [2.24, 2.45) is 11.8 Å². The number of alkyl halides is 3. The molecule has 0 saturated heterocycles. The highest BCUT2D eigenvalue weighted by Crippen LogP contribution is 2.30. The molecule has 0 radical (unpaired) electrons. The summed E-state index contributed by atoms with van der Waals surface area (Å²) in [4.78, 5) is 11.1. The van der Waals surface area contributed by atoms with Crippen LogP contribution in [0.15, 0.2) is 24.3 Å². The van der Waals surface area contributed by atoms with Gasteiger partial charge >= 0.3 is 12.3 Å². The lowest BCUT2D eigenvalue weighted by Gasteiger charge is -2.22. The number of aliphatic carboxylic acids is 1. The van der Waals surface area contributed by atoms with Crippen molar-refractivity contribution in [1.82, 2.24) is 0 Å². The van der Waals surface area contributed by atoms with Gasteiger partial charge in [-0.1, -0.05) is 26.0 Å². The molecule has 1 aromatic rings. The van der Waals surface area contributed by atoms with Crippen LogP contribution >= 0.6 is 0 Å². The van der Waals surface area contributed by atoms with Crippen LogP contribution in [0.2, 0.25) is 0 Å². The molecule has 4 nitrogen and oxygen atoms in total. The molecule has 0 aliphatic heterocycles. The van der Waals surface area contributed by atoms with Crippen LogP contribution in [0.1, 0.15) is 25.5 Å². The average Bonchev–Trinajstić information content (AvgIpc) is 2.26. The summed E-state index contributed by atoms with van der Waals surface area (Å²) in [6.45, 7) is 3.28. The minimum atomic E-state index is -4.79. The summed E-state index contributed by atoms with van der Waals surface area (Å²) in [5.74, 6) is -2.95. The zero-order valence-corrected chi connectivity index (χ0v) is 10.9. The molecule has 0 amide bonds. The zero-order chi connectivity index (χ0) is 15.5. The third-order valence-corrected chi connectivity index (χ3v) is 2.80. The van der Waals surface area contributed by atoms with E-state index in [2.05, 4.69) is 4.74 Å². The lowest BCUT2D eigenvalue weighted by molar-refractivity contribution is -0.274. The number of aliphatic hydroxyl groups is 1. The number of benzene rings is 1. The number of carboxylic acid groups (broad SMARTS) is 1. The Morgan fingerprint density at radius 3 is 2.05 bits per heavy atom. The number of rotatable bonds is 5. The summed E-state index contributed by atoms with van der Waals surface area (Å²) in [6, 6.07) is 4.49. The van der Waals surface area contributed by atoms with Gasteiger partial charge in [0.05, 0.1) is 12.0 Å². The second kappa shape index (κ2) is 6.13. The fourth-order valence-electron chi connectivity index (χ4n) is 1.86. The van der Waals surface area contributed by atoms with Gasteiger partial charge in [-0.15, -0.1) is 13.2 Å². The SMILES string of the molecule is CC(C)C(C(=O)O)C(O)c1ccc(OC(F)(F)F)cc1. The number of carbonyl (C=O) groups is 1. The molecule has 0 aromatic heterocycles. The third-order valence-electron chi connectivity index (χ3n) is 2.80. The van der Waals surface area contributed by atoms with Gasteiger partial charge in [-0.2, -0.15) is 0 Å². The molecule has 2 unspecified atom stereocenters. The first kappa shape index (κ1) is 16.3. The predicted molar refractivity (Wildman–Crippen MR) is 64.0 cm³/mol. The Labute approximate surface area is 113 Å². The van der Waals surface area contributed by atoms with Crippen LogP contribution in [0.25, 0.3) is 0 Å². The van der Waals surface area contributed by atoms with Crippen molar-refractivity contribution in [3.8, 4) is 5.75 Å². The number of carboxylic acids is 1. The largest absolute Gasteiger partial charge is 0.573 e. The Balaban J connectivity index is 2.89. The molecule has 0 saturated carbocycles. The Morgan fingerprint density at radius 2 is 1.70 bits per heavy atom. The van der Waals surface area contributed by atoms with E-state index in [1.54, 1.807) is 13.8 Å². The maximum absolute atomic E-state index is 12.0. The zero-order valence-electron chi connectivity index (χ0n) is 10.9. The summed E-state index contributed by atoms with van der Waals surface area (Å²) < 4.78 is 39.7. The van der Waals surface area contributed by atoms with E-state index in [0.717, 1.165) is 12.1 Å². The second-order valence-electron chi connectivity index (χ2n) is 4.67. The summed E-state index contributed by atoms with van der Waals surface area (Å²) in [7, 11) is 0. The maximum atomic E-state index is 12.0. The molecule has 1 aromatic carbocycles. The molecule has 0 aliphatic carbocycles. The van der Waals surface area contributed by atoms with Gasteiger partial charge in [0, 0.05) is 0 Å². The van der Waals surface area contributed by atoms with Crippen LogP contribution in [0.3, 0.4) is 0 Å². The van der Waals surface area contributed by atoms with Gasteiger partial charge in [-0.25, -0.2) is 0 Å². The fraction of sp³-hybridized carbons (Fsp3) is 0.462. The number of ether oxygens (including phenoxy) is 1. The number of aliphatic hydroxyl groups excluding tert-OH is 1. The van der Waals surface area contributed by atoms with Crippen LogP contribution in [-0.4, -0.2) is 22.5 Å². The van der Waals surface area contributed by atoms with Crippen LogP contribution in [-0.2, 0) is 4.79 Å². The third kappa shape index (κ3) is 4.41. The molecule has 2 atom stereocenters. The summed E-state index contributed by atoms with van der Waals surface area (Å²) in [6.07, 6.45) is -6.09. The van der Waals surface area contributed by atoms with Gasteiger partial charge < -0.3 is 14.9 Å². The smallest absolute Gasteiger partial charge is 0.481 e. The molecule has 1 rings (SSSR count). The highest BCUT2D eigenvalue weighted by atomic mass is 19.4. The number of halogens is 3. The molecule has 20 heavy (non-hydrogen) atoms. The van der Waals surface area contributed by atoms with E-state index in [-0.39, 0.29) is 11.5 Å². The molecule has 0 aliphatic rings. The van der Waals surface area contributed by atoms with E-state index in [0.29, 0.717) is 0 Å². The van der Waals surface area contributed by atoms with Gasteiger partial charge in [0.25, 0.3) is 0 Å². The molecule has 7 heteroatoms. The monoisotopic (exact) mass is 292 g/mol. The minimum Gasteiger partial charge on any atom is -0.481 e. The first-order valence-electron chi connectivity index (χ1n) is 5.88. The Bertz CT molecular complexity index is 454. The van der Waals surface area contributed by atoms with Gasteiger partial charge in [-0.05, 0) is 23.6 Å². The van der Waals surface area contributed by atoms with Crippen LogP contribution in [0.4, 0.5) is 13.2 Å². The normalized spacial score (nSPS) is 14.9. The molecule has 112 valence electrons. The summed E-state index contributed by atoms with van der Waals surface area (Å²) in [5.41, 5.74) is 0.223. The van der Waals surface area contributed by atoms with Crippen molar-refractivity contribution >= 4 is 5.97 Å². The van der Waals surface area contributed by atoms with Gasteiger partial charge in [0.15, 0.2) is 0 Å². The quantitative estimate of drug-likeness (QED) is 0.875. The minimum absolute atomic E-state index is 0.223. The van der Waals surface area contributed by atoms with Crippen LogP contribution in [0.5, 0.6) is 5.75 Å². The molecule has 0 heterocycles. The van der Waals surface area contributed by atoms with E-state index in [9.17, 15) is 23.1 Å². The fourth-order valence-corrected chi connectivity index (χ4v) is 1.86. The van der Waals surface area contributed by atoms with E-state index in [1.807, 2.05) is 0 Å². The number of hydrogen-bond donors (Lipinski definition) is 2. The van der Waals surface area contributed by atoms with Crippen LogP contribution < -0.4 is 4.74 Å². The molecule has 0 bridgehead atoms. The topological polar surface area (TPSA) is 66.8 Å². The van der Waals surface area contributed by atoms with E-state index in [1.165, 1.54) is 12.1 Å². The van der Waals surface area contributed by atoms with Gasteiger partial charge in [0.2, 0.25) is 0 Å². The highest BCUT2D eigenvalue weighted by molar-refractivity contribution is 5.71. The first-order valence-corrected chi connectivity index (χ1v) is 5.88. The summed E-state index contributed by atoms with van der Waals surface area (Å²) >= 11 is 0. The molecule has 2 N–H and O–H groups in total. The van der Waals surface area contributed by atoms with E-state index in [4.69, 9.17) is 5.11 Å². The summed E-state index contributed by atoms with van der Waals surface area (Å²) in [5, 5.41) is 19.1. The van der Waals surface area contributed by atoms with Gasteiger partial charge in [0.1, 0.15) is 5.75 Å². The second-order valence-corrected chi connectivity index (χ2v) is 4.67. The standard InChI is InChI=1S/C13H15F3O4/c1-7(2)10(12(18)19)11(17)8-3-5-9(6-4-8)20-13(14,15)16/h3-7,10-11,17H,1-2H3,(H,18,19). The predicted octanol–water partition coefficient (Wildman–Crippen LogP) is 2.98. The lowest BCUT2D eigenvalue weighted by Crippen LogP contribution is -2.26. The van der Waals surface area contributed by atoms with Crippen molar-refractivity contribution in [2.45, 2.75) is 26.3 Å². The van der Waals surface area contributed by atoms with Crippen molar-refractivity contribution in [3.63, 3.8) is 0 Å². The Morgan fingerprint density at radius 1 is 1.20 bits per heavy atom. The maximum Gasteiger partial charge on any atom is 0.573 e. The molecular formula is C13H15F3O4. The Hall–Kier alpha value is -1.76. The number of hydrogen-bond acceptors (Lipinski definition) is 3. The van der Waals surface area contributed by atoms with Crippen LogP contribution in [0, 0.1) is 11.8 Å². The molecule has 0 fully saturated rings. The van der Waals surface area contributed by atoms with E-state index < -0.39 is 30.1 Å².